The molecule has 0 aromatic carbocycles. The number of ether oxygens (including phenoxy) is 2. The number of aromatic nitrogens is 2. The Hall–Kier alpha value is -2.54. The van der Waals surface area contributed by atoms with E-state index in [0.717, 1.165) is 0 Å². The van der Waals surface area contributed by atoms with E-state index in [1.807, 2.05) is 0 Å². The molecule has 21 heavy (non-hydrogen) atoms. The summed E-state index contributed by atoms with van der Waals surface area (Å²) in [5.41, 5.74) is 5.30. The Balaban J connectivity index is 1.69. The first kappa shape index (κ1) is 13.4. The van der Waals surface area contributed by atoms with Crippen molar-refractivity contribution in [3.05, 3.63) is 41.2 Å². The Labute approximate surface area is 125 Å². The second-order valence-corrected chi connectivity index (χ2v) is 4.52. The van der Waals surface area contributed by atoms with Gasteiger partial charge in [0.15, 0.2) is 11.6 Å². The number of hydrogen-bond acceptors (Lipinski definition) is 6. The van der Waals surface area contributed by atoms with Gasteiger partial charge in [-0.05, 0) is 24.3 Å². The molecular weight excluding hydrogens is 296 g/mol. The van der Waals surface area contributed by atoms with Crippen molar-refractivity contribution in [2.45, 2.75) is 0 Å². The average molecular weight is 307 g/mol. The monoisotopic (exact) mass is 306 g/mol. The maximum absolute atomic E-state index is 12.0. The lowest BCUT2D eigenvalue weighted by Gasteiger charge is -2.17. The number of halogens is 1. The van der Waals surface area contributed by atoms with Crippen LogP contribution in [0.5, 0.6) is 11.6 Å². The number of hydrogen-bond donors (Lipinski definition) is 2. The maximum atomic E-state index is 12.0. The van der Waals surface area contributed by atoms with Gasteiger partial charge in [-0.15, -0.1) is 0 Å². The molecule has 1 amide bonds. The highest BCUT2D eigenvalue weighted by molar-refractivity contribution is 6.32. The number of nitrogens with one attached hydrogen (secondary N) is 2. The minimum Gasteiger partial charge on any atom is -0.484 e. The Bertz CT molecular complexity index is 680. The fraction of sp³-hybridized carbons (Fsp3) is 0.154. The molecule has 0 fully saturated rings. The third-order valence-corrected chi connectivity index (χ3v) is 3.00. The summed E-state index contributed by atoms with van der Waals surface area (Å²) >= 11 is 5.92. The van der Waals surface area contributed by atoms with Crippen molar-refractivity contribution in [2.75, 3.05) is 18.6 Å². The minimum atomic E-state index is -0.436. The van der Waals surface area contributed by atoms with Crippen LogP contribution in [-0.4, -0.2) is 29.1 Å². The zero-order valence-electron chi connectivity index (χ0n) is 10.8. The van der Waals surface area contributed by atoms with Gasteiger partial charge in [0.1, 0.15) is 18.9 Å². The highest BCUT2D eigenvalue weighted by atomic mass is 35.5. The predicted octanol–water partition coefficient (Wildman–Crippen LogP) is 1.66. The van der Waals surface area contributed by atoms with Gasteiger partial charge in [0, 0.05) is 6.20 Å². The van der Waals surface area contributed by atoms with Gasteiger partial charge in [0.05, 0.1) is 5.02 Å². The van der Waals surface area contributed by atoms with Gasteiger partial charge in [-0.2, -0.15) is 0 Å². The molecular formula is C13H11ClN4O3. The molecule has 0 saturated heterocycles. The lowest BCUT2D eigenvalue weighted by Crippen LogP contribution is -2.31. The Morgan fingerprint density at radius 1 is 1.24 bits per heavy atom. The number of nitrogens with zero attached hydrogens (tertiary/aromatic N) is 2. The maximum Gasteiger partial charge on any atom is 0.288 e. The summed E-state index contributed by atoms with van der Waals surface area (Å²) in [6, 6.07) is 6.54. The summed E-state index contributed by atoms with van der Waals surface area (Å²) in [6.07, 6.45) is 1.56. The first-order chi connectivity index (χ1) is 10.2. The van der Waals surface area contributed by atoms with E-state index >= 15 is 0 Å². The van der Waals surface area contributed by atoms with Gasteiger partial charge < -0.3 is 9.47 Å². The number of carbonyl (C=O) groups excluding carboxylic acids is 1. The second-order valence-electron chi connectivity index (χ2n) is 4.11. The summed E-state index contributed by atoms with van der Waals surface area (Å²) in [6.45, 7) is 0.882. The van der Waals surface area contributed by atoms with Gasteiger partial charge in [-0.25, -0.2) is 9.97 Å². The molecule has 0 radical (unpaired) electrons. The largest absolute Gasteiger partial charge is 0.484 e. The summed E-state index contributed by atoms with van der Waals surface area (Å²) in [5.74, 6) is 0.752. The first-order valence-corrected chi connectivity index (χ1v) is 6.55. The lowest BCUT2D eigenvalue weighted by atomic mass is 10.3. The fourth-order valence-corrected chi connectivity index (χ4v) is 1.88. The van der Waals surface area contributed by atoms with Crippen LogP contribution in [0.1, 0.15) is 10.5 Å². The predicted molar refractivity (Wildman–Crippen MR) is 75.6 cm³/mol. The average Bonchev–Trinajstić information content (AvgIpc) is 2.53. The molecule has 108 valence electrons. The van der Waals surface area contributed by atoms with E-state index in [2.05, 4.69) is 20.8 Å². The van der Waals surface area contributed by atoms with Gasteiger partial charge in [0.2, 0.25) is 0 Å². The van der Waals surface area contributed by atoms with Crippen LogP contribution in [0.4, 0.5) is 5.82 Å². The molecule has 0 unspecified atom stereocenters. The van der Waals surface area contributed by atoms with Gasteiger partial charge in [0.25, 0.3) is 11.8 Å². The van der Waals surface area contributed by atoms with Gasteiger partial charge in [-0.3, -0.25) is 15.6 Å². The number of anilines is 1. The molecule has 0 atom stereocenters. The normalized spacial score (nSPS) is 12.6. The highest BCUT2D eigenvalue weighted by Gasteiger charge is 2.16. The topological polar surface area (TPSA) is 85.4 Å². The van der Waals surface area contributed by atoms with Crippen LogP contribution in [0.15, 0.2) is 30.5 Å². The summed E-state index contributed by atoms with van der Waals surface area (Å²) < 4.78 is 10.7. The van der Waals surface area contributed by atoms with Crippen LogP contribution in [0.2, 0.25) is 5.02 Å². The molecule has 2 aromatic heterocycles. The zero-order valence-corrected chi connectivity index (χ0v) is 11.6. The minimum absolute atomic E-state index is 0.193. The third-order valence-electron chi connectivity index (χ3n) is 2.69. The molecule has 1 aliphatic rings. The van der Waals surface area contributed by atoms with Crippen LogP contribution in [-0.2, 0) is 0 Å². The Morgan fingerprint density at radius 2 is 2.10 bits per heavy atom. The van der Waals surface area contributed by atoms with Gasteiger partial charge in [-0.1, -0.05) is 11.6 Å². The van der Waals surface area contributed by atoms with Crippen molar-refractivity contribution in [1.29, 1.82) is 0 Å². The molecule has 2 aromatic rings. The number of hydrazine groups is 1. The van der Waals surface area contributed by atoms with E-state index in [-0.39, 0.29) is 5.69 Å². The molecule has 2 N–H and O–H groups in total. The molecule has 7 nitrogen and oxygen atoms in total. The smallest absolute Gasteiger partial charge is 0.288 e. The molecule has 0 bridgehead atoms. The molecule has 8 heteroatoms. The number of pyridine rings is 2. The van der Waals surface area contributed by atoms with E-state index in [1.165, 1.54) is 0 Å². The lowest BCUT2D eigenvalue weighted by molar-refractivity contribution is 0.0954. The third kappa shape index (κ3) is 2.97. The Kier molecular flexibility index (Phi) is 3.74. The van der Waals surface area contributed by atoms with Crippen molar-refractivity contribution in [2.24, 2.45) is 0 Å². The van der Waals surface area contributed by atoms with Crippen LogP contribution >= 0.6 is 11.6 Å². The van der Waals surface area contributed by atoms with Crippen molar-refractivity contribution in [3.63, 3.8) is 0 Å². The molecule has 0 spiro atoms. The zero-order chi connectivity index (χ0) is 14.7. The van der Waals surface area contributed by atoms with Crippen molar-refractivity contribution in [3.8, 4) is 11.6 Å². The molecule has 0 saturated carbocycles. The standard InChI is InChI=1S/C13H11ClN4O3/c14-8-2-1-5-15-11(8)17-18-12(19)9-3-4-10-13(16-9)21-7-6-20-10/h1-5H,6-7H2,(H,15,17)(H,18,19). The highest BCUT2D eigenvalue weighted by Crippen LogP contribution is 2.27. The summed E-state index contributed by atoms with van der Waals surface area (Å²) in [4.78, 5) is 20.1. The quantitative estimate of drug-likeness (QED) is 0.839. The van der Waals surface area contributed by atoms with Crippen LogP contribution in [0.25, 0.3) is 0 Å². The first-order valence-electron chi connectivity index (χ1n) is 6.17. The van der Waals surface area contributed by atoms with E-state index in [9.17, 15) is 4.79 Å². The van der Waals surface area contributed by atoms with Crippen molar-refractivity contribution >= 4 is 23.3 Å². The Morgan fingerprint density at radius 3 is 2.95 bits per heavy atom. The molecule has 0 aliphatic carbocycles. The second kappa shape index (κ2) is 5.84. The van der Waals surface area contributed by atoms with Crippen molar-refractivity contribution in [1.82, 2.24) is 15.4 Å². The molecule has 3 rings (SSSR count). The van der Waals surface area contributed by atoms with E-state index in [4.69, 9.17) is 21.1 Å². The number of amides is 1. The number of rotatable bonds is 3. The number of fused-ring (bicyclic) bond motifs is 1. The SMILES string of the molecule is O=C(NNc1ncccc1Cl)c1ccc2c(n1)OCCO2. The fourth-order valence-electron chi connectivity index (χ4n) is 1.72. The summed E-state index contributed by atoms with van der Waals surface area (Å²) in [7, 11) is 0. The van der Waals surface area contributed by atoms with E-state index < -0.39 is 5.91 Å². The summed E-state index contributed by atoms with van der Waals surface area (Å²) in [5, 5.41) is 0.396. The van der Waals surface area contributed by atoms with Gasteiger partial charge >= 0.3 is 0 Å². The number of carbonyl (C=O) groups is 1. The van der Waals surface area contributed by atoms with Crippen LogP contribution < -0.4 is 20.3 Å². The molecule has 3 heterocycles. The molecule has 1 aliphatic heterocycles. The van der Waals surface area contributed by atoms with E-state index in [1.54, 1.807) is 30.5 Å². The van der Waals surface area contributed by atoms with E-state index in [0.29, 0.717) is 35.7 Å². The van der Waals surface area contributed by atoms with Crippen LogP contribution in [0, 0.1) is 0 Å². The van der Waals surface area contributed by atoms with Crippen molar-refractivity contribution < 1.29 is 14.3 Å². The van der Waals surface area contributed by atoms with Crippen LogP contribution in [0.3, 0.4) is 0 Å².